The summed E-state index contributed by atoms with van der Waals surface area (Å²) in [5, 5.41) is 18.9. The number of esters is 1. The van der Waals surface area contributed by atoms with E-state index >= 15 is 0 Å². The normalized spacial score (nSPS) is 24.0. The number of hydrogen-bond donors (Lipinski definition) is 0. The number of ether oxygens (including phenoxy) is 1. The summed E-state index contributed by atoms with van der Waals surface area (Å²) in [7, 11) is 1.29. The molecule has 2 atom stereocenters. The number of rotatable bonds is 2. The zero-order chi connectivity index (χ0) is 17.2. The van der Waals surface area contributed by atoms with Crippen LogP contribution in [-0.2, 0) is 9.53 Å². The zero-order valence-electron chi connectivity index (χ0n) is 13.1. The molecular formula is C20H14N2O2. The van der Waals surface area contributed by atoms with Crippen LogP contribution in [0, 0.1) is 34.0 Å². The van der Waals surface area contributed by atoms with Crippen LogP contribution in [0.1, 0.15) is 11.1 Å². The highest BCUT2D eigenvalue weighted by Crippen LogP contribution is 2.52. The molecule has 0 fully saturated rings. The Balaban J connectivity index is 2.22. The Morgan fingerprint density at radius 3 is 2.54 bits per heavy atom. The average Bonchev–Trinajstić information content (AvgIpc) is 2.77. The van der Waals surface area contributed by atoms with Crippen molar-refractivity contribution in [1.82, 2.24) is 0 Å². The summed E-state index contributed by atoms with van der Waals surface area (Å²) in [6, 6.07) is 11.1. The van der Waals surface area contributed by atoms with Crippen molar-refractivity contribution in [1.29, 1.82) is 10.5 Å². The fourth-order valence-corrected chi connectivity index (χ4v) is 3.21. The Hall–Kier alpha value is -3.37. The molecule has 0 unspecified atom stereocenters. The third-order valence-corrected chi connectivity index (χ3v) is 4.38. The van der Waals surface area contributed by atoms with Gasteiger partial charge < -0.3 is 4.74 Å². The van der Waals surface area contributed by atoms with Crippen molar-refractivity contribution in [2.45, 2.75) is 0 Å². The van der Waals surface area contributed by atoms with Gasteiger partial charge in [0.1, 0.15) is 0 Å². The van der Waals surface area contributed by atoms with E-state index < -0.39 is 17.3 Å². The lowest BCUT2D eigenvalue weighted by atomic mass is 9.71. The summed E-state index contributed by atoms with van der Waals surface area (Å²) in [5.41, 5.74) is 1.29. The molecule has 4 heteroatoms. The molecule has 0 saturated carbocycles. The maximum absolute atomic E-state index is 12.6. The maximum atomic E-state index is 12.6. The van der Waals surface area contributed by atoms with E-state index in [0.717, 1.165) is 11.1 Å². The van der Waals surface area contributed by atoms with Crippen LogP contribution >= 0.6 is 0 Å². The summed E-state index contributed by atoms with van der Waals surface area (Å²) in [4.78, 5) is 12.6. The third-order valence-electron chi connectivity index (χ3n) is 4.38. The van der Waals surface area contributed by atoms with Crippen molar-refractivity contribution in [3.05, 3.63) is 77.4 Å². The first-order chi connectivity index (χ1) is 11.7. The molecule has 2 aliphatic carbocycles. The van der Waals surface area contributed by atoms with Gasteiger partial charge in [0.2, 0.25) is 0 Å². The number of methoxy groups -OCH3 is 1. The van der Waals surface area contributed by atoms with Gasteiger partial charge in [0.15, 0.2) is 5.41 Å². The Morgan fingerprint density at radius 2 is 1.92 bits per heavy atom. The van der Waals surface area contributed by atoms with Crippen molar-refractivity contribution in [2.75, 3.05) is 7.11 Å². The van der Waals surface area contributed by atoms with Crippen LogP contribution in [0.15, 0.2) is 66.3 Å². The lowest BCUT2D eigenvalue weighted by Gasteiger charge is -2.27. The van der Waals surface area contributed by atoms with Crippen molar-refractivity contribution in [2.24, 2.45) is 11.3 Å². The van der Waals surface area contributed by atoms with Crippen molar-refractivity contribution in [3.63, 3.8) is 0 Å². The number of carbonyl (C=O) groups excluding carboxylic acids is 1. The first-order valence-corrected chi connectivity index (χ1v) is 7.45. The molecule has 116 valence electrons. The maximum Gasteiger partial charge on any atom is 0.331 e. The van der Waals surface area contributed by atoms with Crippen LogP contribution in [0.25, 0.3) is 5.57 Å². The molecule has 0 spiro atoms. The van der Waals surface area contributed by atoms with Crippen LogP contribution in [0.5, 0.6) is 0 Å². The van der Waals surface area contributed by atoms with Crippen molar-refractivity contribution in [3.8, 4) is 12.1 Å². The fraction of sp³-hybridized carbons (Fsp3) is 0.150. The van der Waals surface area contributed by atoms with E-state index in [1.807, 2.05) is 36.5 Å². The van der Waals surface area contributed by atoms with E-state index in [1.54, 1.807) is 24.3 Å². The largest absolute Gasteiger partial charge is 0.468 e. The molecule has 0 bridgehead atoms. The molecule has 0 N–H and O–H groups in total. The molecule has 4 nitrogen and oxygen atoms in total. The summed E-state index contributed by atoms with van der Waals surface area (Å²) in [6.07, 6.45) is 11.2. The lowest BCUT2D eigenvalue weighted by Crippen LogP contribution is -2.36. The van der Waals surface area contributed by atoms with E-state index in [-0.39, 0.29) is 0 Å². The zero-order valence-corrected chi connectivity index (χ0v) is 13.1. The number of fused-ring (bicyclic) bond motifs is 1. The number of hydrogen-bond acceptors (Lipinski definition) is 4. The van der Waals surface area contributed by atoms with Crippen LogP contribution in [-0.4, -0.2) is 13.1 Å². The van der Waals surface area contributed by atoms with Crippen LogP contribution < -0.4 is 0 Å². The highest BCUT2D eigenvalue weighted by Gasteiger charge is 2.54. The van der Waals surface area contributed by atoms with Crippen LogP contribution in [0.2, 0.25) is 0 Å². The SMILES string of the molecule is COC(=O)[C@@]1(C#N)C(c2ccc(C#N)cc2)=CC2=CC=CC=C[C@@H]21. The minimum atomic E-state index is -1.43. The highest BCUT2D eigenvalue weighted by molar-refractivity contribution is 6.00. The predicted molar refractivity (Wildman–Crippen MR) is 89.0 cm³/mol. The molecule has 3 rings (SSSR count). The second kappa shape index (κ2) is 6.02. The Kier molecular flexibility index (Phi) is 3.90. The molecule has 24 heavy (non-hydrogen) atoms. The van der Waals surface area contributed by atoms with Gasteiger partial charge in [-0.2, -0.15) is 10.5 Å². The van der Waals surface area contributed by atoms with Gasteiger partial charge >= 0.3 is 5.97 Å². The van der Waals surface area contributed by atoms with Gasteiger partial charge in [-0.1, -0.05) is 48.6 Å². The van der Waals surface area contributed by atoms with Gasteiger partial charge in [-0.15, -0.1) is 0 Å². The Morgan fingerprint density at radius 1 is 1.17 bits per heavy atom. The van der Waals surface area contributed by atoms with E-state index in [2.05, 4.69) is 12.1 Å². The smallest absolute Gasteiger partial charge is 0.331 e. The Bertz CT molecular complexity index is 889. The Labute approximate surface area is 140 Å². The van der Waals surface area contributed by atoms with Gasteiger partial charge in [0, 0.05) is 5.92 Å². The lowest BCUT2D eigenvalue weighted by molar-refractivity contribution is -0.147. The van der Waals surface area contributed by atoms with Gasteiger partial charge in [-0.25, -0.2) is 4.79 Å². The van der Waals surface area contributed by atoms with Gasteiger partial charge in [-0.3, -0.25) is 0 Å². The van der Waals surface area contributed by atoms with E-state index in [4.69, 9.17) is 10.00 Å². The minimum absolute atomic E-state index is 0.407. The molecule has 0 radical (unpaired) electrons. The number of benzene rings is 1. The summed E-state index contributed by atoms with van der Waals surface area (Å²) in [6.45, 7) is 0. The minimum Gasteiger partial charge on any atom is -0.468 e. The van der Waals surface area contributed by atoms with Gasteiger partial charge in [0.25, 0.3) is 0 Å². The molecule has 0 amide bonds. The topological polar surface area (TPSA) is 73.9 Å². The van der Waals surface area contributed by atoms with E-state index in [0.29, 0.717) is 11.1 Å². The average molecular weight is 314 g/mol. The van der Waals surface area contributed by atoms with Gasteiger partial charge in [-0.05, 0) is 28.8 Å². The summed E-state index contributed by atoms with van der Waals surface area (Å²) in [5.74, 6) is -0.990. The first-order valence-electron chi connectivity index (χ1n) is 7.45. The molecule has 1 aromatic carbocycles. The molecule has 0 aliphatic heterocycles. The summed E-state index contributed by atoms with van der Waals surface area (Å²) >= 11 is 0. The van der Waals surface area contributed by atoms with Gasteiger partial charge in [0.05, 0.1) is 24.8 Å². The summed E-state index contributed by atoms with van der Waals surface area (Å²) < 4.78 is 4.98. The molecule has 0 heterocycles. The van der Waals surface area contributed by atoms with Crippen molar-refractivity contribution < 1.29 is 9.53 Å². The molecule has 1 aromatic rings. The number of carbonyl (C=O) groups is 1. The molecule has 0 saturated heterocycles. The monoisotopic (exact) mass is 314 g/mol. The van der Waals surface area contributed by atoms with E-state index in [9.17, 15) is 10.1 Å². The fourth-order valence-electron chi connectivity index (χ4n) is 3.21. The van der Waals surface area contributed by atoms with Crippen LogP contribution in [0.3, 0.4) is 0 Å². The van der Waals surface area contributed by atoms with Crippen molar-refractivity contribution >= 4 is 11.5 Å². The standard InChI is InChI=1S/C20H14N2O2/c1-24-19(23)20(13-22)17-6-4-2-3-5-16(17)11-18(20)15-9-7-14(12-21)8-10-15/h2-11,17H,1H3/t17-,20+/m0/s1. The first kappa shape index (κ1) is 15.5. The highest BCUT2D eigenvalue weighted by atomic mass is 16.5. The molecular weight excluding hydrogens is 300 g/mol. The number of nitrogens with zero attached hydrogens (tertiary/aromatic N) is 2. The third kappa shape index (κ3) is 2.17. The molecule has 0 aromatic heterocycles. The van der Waals surface area contributed by atoms with Crippen LogP contribution in [0.4, 0.5) is 0 Å². The number of nitriles is 2. The second-order valence-electron chi connectivity index (χ2n) is 5.57. The predicted octanol–water partition coefficient (Wildman–Crippen LogP) is 3.31. The quantitative estimate of drug-likeness (QED) is 0.785. The molecule has 2 aliphatic rings. The van der Waals surface area contributed by atoms with E-state index in [1.165, 1.54) is 7.11 Å². The number of allylic oxidation sites excluding steroid dienone is 7. The second-order valence-corrected chi connectivity index (χ2v) is 5.57.